The first-order valence-corrected chi connectivity index (χ1v) is 8.07. The number of ether oxygens (including phenoxy) is 1. The maximum absolute atomic E-state index is 13.3. The summed E-state index contributed by atoms with van der Waals surface area (Å²) in [5, 5.41) is 15.5. The van der Waals surface area contributed by atoms with E-state index >= 15 is 0 Å². The molecular formula is C16H22FN5O. The molecule has 23 heavy (non-hydrogen) atoms. The van der Waals surface area contributed by atoms with Gasteiger partial charge in [0.2, 0.25) is 0 Å². The van der Waals surface area contributed by atoms with Gasteiger partial charge in [0.15, 0.2) is 5.82 Å². The molecule has 2 heterocycles. The Kier molecular flexibility index (Phi) is 4.97. The average Bonchev–Trinajstić information content (AvgIpc) is 3.02. The van der Waals surface area contributed by atoms with Crippen molar-refractivity contribution in [3.8, 4) is 0 Å². The van der Waals surface area contributed by atoms with E-state index in [-0.39, 0.29) is 11.4 Å². The summed E-state index contributed by atoms with van der Waals surface area (Å²) in [5.41, 5.74) is 0.853. The Morgan fingerprint density at radius 3 is 2.70 bits per heavy atom. The van der Waals surface area contributed by atoms with Gasteiger partial charge < -0.3 is 10.1 Å². The molecule has 1 aliphatic rings. The van der Waals surface area contributed by atoms with Crippen LogP contribution < -0.4 is 5.32 Å². The fraction of sp³-hybridized carbons (Fsp3) is 0.562. The van der Waals surface area contributed by atoms with Gasteiger partial charge in [0.1, 0.15) is 5.82 Å². The lowest BCUT2D eigenvalue weighted by Gasteiger charge is -2.38. The lowest BCUT2D eigenvalue weighted by Crippen LogP contribution is -2.46. The number of rotatable bonds is 6. The van der Waals surface area contributed by atoms with Crippen LogP contribution >= 0.6 is 0 Å². The minimum atomic E-state index is -0.227. The van der Waals surface area contributed by atoms with Crippen molar-refractivity contribution < 1.29 is 9.13 Å². The summed E-state index contributed by atoms with van der Waals surface area (Å²) in [5.74, 6) is 0.600. The van der Waals surface area contributed by atoms with Crippen molar-refractivity contribution in [1.29, 1.82) is 0 Å². The molecule has 1 N–H and O–H groups in total. The van der Waals surface area contributed by atoms with Crippen LogP contribution in [0.15, 0.2) is 24.3 Å². The minimum absolute atomic E-state index is 0.220. The summed E-state index contributed by atoms with van der Waals surface area (Å²) in [6, 6.07) is 6.72. The van der Waals surface area contributed by atoms with E-state index in [0.717, 1.165) is 37.2 Å². The van der Waals surface area contributed by atoms with Gasteiger partial charge in [-0.2, -0.15) is 0 Å². The second-order valence-corrected chi connectivity index (χ2v) is 5.87. The van der Waals surface area contributed by atoms with Crippen LogP contribution in [0.25, 0.3) is 0 Å². The normalized spacial score (nSPS) is 17.3. The van der Waals surface area contributed by atoms with Gasteiger partial charge in [-0.15, -0.1) is 5.10 Å². The smallest absolute Gasteiger partial charge is 0.165 e. The fourth-order valence-electron chi connectivity index (χ4n) is 3.04. The van der Waals surface area contributed by atoms with Crippen LogP contribution in [0.3, 0.4) is 0 Å². The van der Waals surface area contributed by atoms with E-state index in [0.29, 0.717) is 19.8 Å². The minimum Gasteiger partial charge on any atom is -0.381 e. The van der Waals surface area contributed by atoms with Crippen molar-refractivity contribution in [2.75, 3.05) is 13.2 Å². The molecular weight excluding hydrogens is 297 g/mol. The molecule has 0 bridgehead atoms. The summed E-state index contributed by atoms with van der Waals surface area (Å²) < 4.78 is 20.6. The van der Waals surface area contributed by atoms with Crippen LogP contribution in [0.4, 0.5) is 4.39 Å². The molecule has 1 aliphatic heterocycles. The van der Waals surface area contributed by atoms with E-state index in [1.165, 1.54) is 12.1 Å². The number of aryl methyl sites for hydroxylation is 1. The van der Waals surface area contributed by atoms with E-state index in [1.54, 1.807) is 0 Å². The summed E-state index contributed by atoms with van der Waals surface area (Å²) in [6.45, 7) is 4.84. The molecule has 7 heteroatoms. The Morgan fingerprint density at radius 2 is 2.00 bits per heavy atom. The molecule has 1 fully saturated rings. The Balaban J connectivity index is 1.79. The van der Waals surface area contributed by atoms with Crippen molar-refractivity contribution >= 4 is 0 Å². The number of benzene rings is 1. The molecule has 0 radical (unpaired) electrons. The van der Waals surface area contributed by atoms with Crippen LogP contribution in [0, 0.1) is 5.82 Å². The number of aromatic nitrogens is 4. The van der Waals surface area contributed by atoms with E-state index in [4.69, 9.17) is 4.74 Å². The van der Waals surface area contributed by atoms with Crippen LogP contribution in [0.5, 0.6) is 0 Å². The molecule has 1 aromatic heterocycles. The maximum Gasteiger partial charge on any atom is 0.165 e. The quantitative estimate of drug-likeness (QED) is 0.882. The molecule has 0 unspecified atom stereocenters. The van der Waals surface area contributed by atoms with Gasteiger partial charge in [0.25, 0.3) is 0 Å². The van der Waals surface area contributed by atoms with Crippen LogP contribution in [0.1, 0.15) is 37.6 Å². The van der Waals surface area contributed by atoms with Gasteiger partial charge in [-0.05, 0) is 47.4 Å². The predicted octanol–water partition coefficient (Wildman–Crippen LogP) is 2.02. The summed E-state index contributed by atoms with van der Waals surface area (Å²) in [7, 11) is 0. The molecule has 1 saturated heterocycles. The number of nitrogens with one attached hydrogen (secondary N) is 1. The summed E-state index contributed by atoms with van der Waals surface area (Å²) in [4.78, 5) is 0. The molecule has 124 valence electrons. The van der Waals surface area contributed by atoms with Crippen molar-refractivity contribution in [2.45, 2.75) is 44.8 Å². The molecule has 6 nitrogen and oxygen atoms in total. The zero-order chi connectivity index (χ0) is 16.1. The molecule has 1 aromatic carbocycles. The first-order valence-electron chi connectivity index (χ1n) is 8.07. The maximum atomic E-state index is 13.3. The SMILES string of the molecule is CCCn1nnnc1CNC1(c2ccc(F)cc2)CCOCC1. The Labute approximate surface area is 135 Å². The van der Waals surface area contributed by atoms with Gasteiger partial charge in [0, 0.05) is 25.3 Å². The van der Waals surface area contributed by atoms with E-state index in [9.17, 15) is 4.39 Å². The van der Waals surface area contributed by atoms with E-state index < -0.39 is 0 Å². The predicted molar refractivity (Wildman–Crippen MR) is 83.1 cm³/mol. The van der Waals surface area contributed by atoms with Crippen molar-refractivity contribution in [1.82, 2.24) is 25.5 Å². The largest absolute Gasteiger partial charge is 0.381 e. The van der Waals surface area contributed by atoms with Gasteiger partial charge in [0.05, 0.1) is 6.54 Å². The third-order valence-electron chi connectivity index (χ3n) is 4.37. The number of hydrogen-bond donors (Lipinski definition) is 1. The van der Waals surface area contributed by atoms with Gasteiger partial charge >= 0.3 is 0 Å². The Morgan fingerprint density at radius 1 is 1.26 bits per heavy atom. The first-order chi connectivity index (χ1) is 11.2. The number of halogens is 1. The van der Waals surface area contributed by atoms with Gasteiger partial charge in [-0.25, -0.2) is 9.07 Å². The lowest BCUT2D eigenvalue weighted by molar-refractivity contribution is 0.0353. The van der Waals surface area contributed by atoms with Gasteiger partial charge in [-0.1, -0.05) is 19.1 Å². The third-order valence-corrected chi connectivity index (χ3v) is 4.37. The van der Waals surface area contributed by atoms with Crippen molar-refractivity contribution in [3.63, 3.8) is 0 Å². The molecule has 0 saturated carbocycles. The highest BCUT2D eigenvalue weighted by molar-refractivity contribution is 5.26. The highest BCUT2D eigenvalue weighted by Gasteiger charge is 2.34. The molecule has 0 spiro atoms. The van der Waals surface area contributed by atoms with E-state index in [1.807, 2.05) is 16.8 Å². The number of nitrogens with zero attached hydrogens (tertiary/aromatic N) is 4. The summed E-state index contributed by atoms with van der Waals surface area (Å²) >= 11 is 0. The Hall–Kier alpha value is -1.86. The van der Waals surface area contributed by atoms with Crippen LogP contribution in [0.2, 0.25) is 0 Å². The zero-order valence-electron chi connectivity index (χ0n) is 13.3. The van der Waals surface area contributed by atoms with E-state index in [2.05, 4.69) is 27.8 Å². The van der Waals surface area contributed by atoms with Crippen molar-refractivity contribution in [2.24, 2.45) is 0 Å². The van der Waals surface area contributed by atoms with Crippen molar-refractivity contribution in [3.05, 3.63) is 41.5 Å². The second-order valence-electron chi connectivity index (χ2n) is 5.87. The molecule has 2 aromatic rings. The number of hydrogen-bond acceptors (Lipinski definition) is 5. The fourth-order valence-corrected chi connectivity index (χ4v) is 3.04. The average molecular weight is 319 g/mol. The monoisotopic (exact) mass is 319 g/mol. The highest BCUT2D eigenvalue weighted by Crippen LogP contribution is 2.32. The molecule has 3 rings (SSSR count). The zero-order valence-corrected chi connectivity index (χ0v) is 13.3. The first kappa shape index (κ1) is 16.0. The molecule has 0 amide bonds. The summed E-state index contributed by atoms with van der Waals surface area (Å²) in [6.07, 6.45) is 2.66. The number of tetrazole rings is 1. The highest BCUT2D eigenvalue weighted by atomic mass is 19.1. The topological polar surface area (TPSA) is 64.9 Å². The Bertz CT molecular complexity index is 622. The standard InChI is InChI=1S/C16H22FN5O/c1-2-9-22-15(19-20-21-22)12-18-16(7-10-23-11-8-16)13-3-5-14(17)6-4-13/h3-6,18H,2,7-12H2,1H3. The second kappa shape index (κ2) is 7.14. The van der Waals surface area contributed by atoms with Gasteiger partial charge in [-0.3, -0.25) is 0 Å². The molecule has 0 aliphatic carbocycles. The van der Waals surface area contributed by atoms with Crippen LogP contribution in [-0.2, 0) is 23.4 Å². The molecule has 0 atom stereocenters. The lowest BCUT2D eigenvalue weighted by atomic mass is 9.82. The third kappa shape index (κ3) is 3.56. The van der Waals surface area contributed by atoms with Crippen LogP contribution in [-0.4, -0.2) is 33.4 Å².